The maximum atomic E-state index is 15.0. The van der Waals surface area contributed by atoms with Crippen molar-refractivity contribution in [2.45, 2.75) is 6.04 Å². The molecule has 1 aliphatic heterocycles. The second-order valence-corrected chi connectivity index (χ2v) is 7.58. The van der Waals surface area contributed by atoms with Crippen molar-refractivity contribution < 1.29 is 18.7 Å². The number of carbonyl (C=O) groups is 1. The highest BCUT2D eigenvalue weighted by molar-refractivity contribution is 6.10. The van der Waals surface area contributed by atoms with E-state index in [0.717, 1.165) is 11.3 Å². The van der Waals surface area contributed by atoms with Gasteiger partial charge in [0.2, 0.25) is 0 Å². The van der Waals surface area contributed by atoms with Crippen LogP contribution in [0.5, 0.6) is 11.5 Å². The molecule has 5 heteroatoms. The van der Waals surface area contributed by atoms with E-state index in [9.17, 15) is 4.79 Å². The number of hydrogen-bond donors (Lipinski definition) is 0. The summed E-state index contributed by atoms with van der Waals surface area (Å²) in [5, 5.41) is 0. The average Bonchev–Trinajstić information content (AvgIpc) is 3.09. The van der Waals surface area contributed by atoms with Crippen LogP contribution in [0.3, 0.4) is 0 Å². The van der Waals surface area contributed by atoms with Gasteiger partial charge in [-0.05, 0) is 53.6 Å². The third kappa shape index (κ3) is 3.66. The fourth-order valence-corrected chi connectivity index (χ4v) is 4.18. The lowest BCUT2D eigenvalue weighted by Gasteiger charge is -2.30. The molecule has 0 amide bonds. The van der Waals surface area contributed by atoms with Crippen LogP contribution in [0.15, 0.2) is 91.7 Å². The standard InChI is InChI=1S/C27H24FNO3/c1-17(19-9-13-21(31-3)14-10-19)25-26(23-7-5-6-8-24(23)28)29(18(2)27(25)30)20-11-15-22(32-4)16-12-20/h5-16,25-26H,1-2H2,3-4H3. The summed E-state index contributed by atoms with van der Waals surface area (Å²) in [5.74, 6) is 0.122. The molecule has 1 heterocycles. The predicted molar refractivity (Wildman–Crippen MR) is 124 cm³/mol. The summed E-state index contributed by atoms with van der Waals surface area (Å²) in [4.78, 5) is 15.3. The number of rotatable bonds is 6. The molecule has 0 radical (unpaired) electrons. The van der Waals surface area contributed by atoms with Gasteiger partial charge in [0, 0.05) is 11.3 Å². The van der Waals surface area contributed by atoms with Crippen LogP contribution in [0, 0.1) is 11.7 Å². The first kappa shape index (κ1) is 21.4. The Morgan fingerprint density at radius 3 is 2.03 bits per heavy atom. The molecule has 0 bridgehead atoms. The average molecular weight is 429 g/mol. The van der Waals surface area contributed by atoms with Crippen molar-refractivity contribution in [3.8, 4) is 11.5 Å². The van der Waals surface area contributed by atoms with Gasteiger partial charge in [-0.2, -0.15) is 0 Å². The fourth-order valence-electron chi connectivity index (χ4n) is 4.18. The van der Waals surface area contributed by atoms with E-state index in [1.165, 1.54) is 6.07 Å². The van der Waals surface area contributed by atoms with Crippen molar-refractivity contribution in [3.63, 3.8) is 0 Å². The Balaban J connectivity index is 1.83. The van der Waals surface area contributed by atoms with Gasteiger partial charge in [-0.1, -0.05) is 43.5 Å². The van der Waals surface area contributed by atoms with Gasteiger partial charge in [0.1, 0.15) is 17.3 Å². The van der Waals surface area contributed by atoms with Crippen LogP contribution >= 0.6 is 0 Å². The van der Waals surface area contributed by atoms with Gasteiger partial charge >= 0.3 is 0 Å². The minimum atomic E-state index is -0.699. The summed E-state index contributed by atoms with van der Waals surface area (Å²) in [7, 11) is 3.18. The van der Waals surface area contributed by atoms with E-state index < -0.39 is 12.0 Å². The molecule has 1 saturated heterocycles. The first-order valence-electron chi connectivity index (χ1n) is 10.2. The molecule has 4 nitrogen and oxygen atoms in total. The number of ether oxygens (including phenoxy) is 2. The Labute approximate surface area is 187 Å². The number of carbonyl (C=O) groups excluding carboxylic acids is 1. The number of Topliss-reactive ketones (excluding diaryl/α,β-unsaturated/α-hetero) is 1. The molecule has 0 aromatic heterocycles. The molecule has 2 unspecified atom stereocenters. The van der Waals surface area contributed by atoms with Crippen molar-refractivity contribution in [2.75, 3.05) is 19.1 Å². The first-order valence-corrected chi connectivity index (χ1v) is 10.2. The van der Waals surface area contributed by atoms with E-state index in [0.29, 0.717) is 28.3 Å². The summed E-state index contributed by atoms with van der Waals surface area (Å²) in [6.07, 6.45) is 0. The SMILES string of the molecule is C=C(c1ccc(OC)cc1)C1C(=O)C(=C)N(c2ccc(OC)cc2)C1c1ccccc1F. The van der Waals surface area contributed by atoms with Gasteiger partial charge < -0.3 is 14.4 Å². The Bertz CT molecular complexity index is 1170. The van der Waals surface area contributed by atoms with Crippen molar-refractivity contribution in [3.05, 3.63) is 109 Å². The molecule has 0 saturated carbocycles. The molecular weight excluding hydrogens is 405 g/mol. The van der Waals surface area contributed by atoms with Crippen LogP contribution in [0.25, 0.3) is 5.57 Å². The maximum absolute atomic E-state index is 15.0. The summed E-state index contributed by atoms with van der Waals surface area (Å²) in [6, 6.07) is 20.5. The van der Waals surface area contributed by atoms with E-state index in [1.807, 2.05) is 36.4 Å². The molecule has 0 N–H and O–H groups in total. The lowest BCUT2D eigenvalue weighted by atomic mass is 9.83. The first-order chi connectivity index (χ1) is 15.5. The number of allylic oxidation sites excluding steroid dienone is 1. The monoisotopic (exact) mass is 429 g/mol. The van der Waals surface area contributed by atoms with Gasteiger partial charge in [0.15, 0.2) is 5.78 Å². The molecule has 3 aromatic carbocycles. The second-order valence-electron chi connectivity index (χ2n) is 7.58. The van der Waals surface area contributed by atoms with Crippen molar-refractivity contribution in [2.24, 2.45) is 5.92 Å². The number of ketones is 1. The number of hydrogen-bond acceptors (Lipinski definition) is 4. The lowest BCUT2D eigenvalue weighted by molar-refractivity contribution is -0.116. The molecule has 1 aliphatic rings. The normalized spacial score (nSPS) is 18.0. The van der Waals surface area contributed by atoms with E-state index in [4.69, 9.17) is 9.47 Å². The van der Waals surface area contributed by atoms with Crippen molar-refractivity contribution in [1.29, 1.82) is 0 Å². The quantitative estimate of drug-likeness (QED) is 0.463. The maximum Gasteiger partial charge on any atom is 0.188 e. The van der Waals surface area contributed by atoms with E-state index >= 15 is 4.39 Å². The number of halogens is 1. The van der Waals surface area contributed by atoms with Gasteiger partial charge in [-0.25, -0.2) is 4.39 Å². The predicted octanol–water partition coefficient (Wildman–Crippen LogP) is 5.82. The lowest BCUT2D eigenvalue weighted by Crippen LogP contribution is -2.25. The number of nitrogens with zero attached hydrogens (tertiary/aromatic N) is 1. The summed E-state index contributed by atoms with van der Waals surface area (Å²) < 4.78 is 25.5. The smallest absolute Gasteiger partial charge is 0.188 e. The van der Waals surface area contributed by atoms with Crippen LogP contribution in [0.1, 0.15) is 17.2 Å². The fraction of sp³-hybridized carbons (Fsp3) is 0.148. The summed E-state index contributed by atoms with van der Waals surface area (Å²) in [5.41, 5.74) is 2.82. The molecule has 32 heavy (non-hydrogen) atoms. The van der Waals surface area contributed by atoms with Crippen molar-refractivity contribution >= 4 is 17.0 Å². The topological polar surface area (TPSA) is 38.8 Å². The van der Waals surface area contributed by atoms with Gasteiger partial charge in [-0.15, -0.1) is 0 Å². The zero-order chi connectivity index (χ0) is 22.8. The number of benzene rings is 3. The minimum Gasteiger partial charge on any atom is -0.497 e. The van der Waals surface area contributed by atoms with Gasteiger partial charge in [-0.3, -0.25) is 4.79 Å². The van der Waals surface area contributed by atoms with Crippen molar-refractivity contribution in [1.82, 2.24) is 0 Å². The Morgan fingerprint density at radius 1 is 0.906 bits per heavy atom. The summed E-state index contributed by atoms with van der Waals surface area (Å²) >= 11 is 0. The van der Waals surface area contributed by atoms with Crippen LogP contribution < -0.4 is 14.4 Å². The second kappa shape index (κ2) is 8.71. The number of methoxy groups -OCH3 is 2. The van der Waals surface area contributed by atoms with Crippen LogP contribution in [-0.2, 0) is 4.79 Å². The highest BCUT2D eigenvalue weighted by atomic mass is 19.1. The Hall–Kier alpha value is -3.86. The van der Waals surface area contributed by atoms with Crippen LogP contribution in [0.4, 0.5) is 10.1 Å². The Morgan fingerprint density at radius 2 is 1.47 bits per heavy atom. The molecule has 4 rings (SSSR count). The molecule has 1 fully saturated rings. The molecule has 0 spiro atoms. The third-order valence-electron chi connectivity index (χ3n) is 5.86. The van der Waals surface area contributed by atoms with Gasteiger partial charge in [0.05, 0.1) is 31.9 Å². The molecule has 3 aromatic rings. The number of anilines is 1. The highest BCUT2D eigenvalue weighted by Crippen LogP contribution is 2.49. The van der Waals surface area contributed by atoms with E-state index in [1.54, 1.807) is 49.5 Å². The highest BCUT2D eigenvalue weighted by Gasteiger charge is 2.47. The summed E-state index contributed by atoms with van der Waals surface area (Å²) in [6.45, 7) is 8.29. The van der Waals surface area contributed by atoms with E-state index in [2.05, 4.69) is 13.2 Å². The molecule has 0 aliphatic carbocycles. The largest absolute Gasteiger partial charge is 0.497 e. The Kier molecular flexibility index (Phi) is 5.82. The van der Waals surface area contributed by atoms with Gasteiger partial charge in [0.25, 0.3) is 0 Å². The third-order valence-corrected chi connectivity index (χ3v) is 5.86. The molecular formula is C27H24FNO3. The molecule has 162 valence electrons. The molecule has 2 atom stereocenters. The minimum absolute atomic E-state index is 0.185. The van der Waals surface area contributed by atoms with Crippen LogP contribution in [0.2, 0.25) is 0 Å². The van der Waals surface area contributed by atoms with Crippen LogP contribution in [-0.4, -0.2) is 20.0 Å². The zero-order valence-electron chi connectivity index (χ0n) is 18.0. The van der Waals surface area contributed by atoms with E-state index in [-0.39, 0.29) is 11.6 Å². The zero-order valence-corrected chi connectivity index (χ0v) is 18.0.